The van der Waals surface area contributed by atoms with Gasteiger partial charge in [-0.1, -0.05) is 13.0 Å². The van der Waals surface area contributed by atoms with Gasteiger partial charge in [0.2, 0.25) is 11.8 Å². The van der Waals surface area contributed by atoms with Crippen LogP contribution in [-0.2, 0) is 21.4 Å². The minimum atomic E-state index is -0.369. The highest BCUT2D eigenvalue weighted by atomic mass is 16.5. The molecule has 4 atom stereocenters. The van der Waals surface area contributed by atoms with Crippen LogP contribution in [0.25, 0.3) is 0 Å². The number of carbonyl (C=O) groups excluding carboxylic acids is 2. The Morgan fingerprint density at radius 2 is 2.25 bits per heavy atom. The molecular formula is C22H31N3O3. The molecule has 1 aliphatic carbocycles. The summed E-state index contributed by atoms with van der Waals surface area (Å²) in [5.74, 6) is 1.33. The van der Waals surface area contributed by atoms with Crippen LogP contribution < -0.4 is 15.4 Å². The molecule has 0 radical (unpaired) electrons. The van der Waals surface area contributed by atoms with Crippen LogP contribution in [0.15, 0.2) is 18.2 Å². The van der Waals surface area contributed by atoms with Crippen LogP contribution in [0, 0.1) is 5.92 Å². The van der Waals surface area contributed by atoms with Crippen LogP contribution in [0.5, 0.6) is 5.75 Å². The number of amides is 2. The number of nitrogens with zero attached hydrogens (tertiary/aromatic N) is 1. The predicted octanol–water partition coefficient (Wildman–Crippen LogP) is 1.61. The summed E-state index contributed by atoms with van der Waals surface area (Å²) in [6.45, 7) is 4.06. The largest absolute Gasteiger partial charge is 0.497 e. The Hall–Kier alpha value is -2.08. The van der Waals surface area contributed by atoms with E-state index in [9.17, 15) is 9.59 Å². The van der Waals surface area contributed by atoms with Gasteiger partial charge < -0.3 is 20.3 Å². The van der Waals surface area contributed by atoms with Gasteiger partial charge in [-0.15, -0.1) is 0 Å². The number of carbonyl (C=O) groups is 2. The first kappa shape index (κ1) is 19.2. The molecule has 6 heteroatoms. The van der Waals surface area contributed by atoms with E-state index in [0.29, 0.717) is 31.3 Å². The number of hydrogen-bond acceptors (Lipinski definition) is 4. The molecule has 2 bridgehead atoms. The average Bonchev–Trinajstić information content (AvgIpc) is 3.13. The molecule has 2 fully saturated rings. The van der Waals surface area contributed by atoms with E-state index in [1.54, 1.807) is 7.11 Å². The van der Waals surface area contributed by atoms with Crippen molar-refractivity contribution >= 4 is 11.8 Å². The Labute approximate surface area is 167 Å². The van der Waals surface area contributed by atoms with Crippen molar-refractivity contribution in [2.75, 3.05) is 27.2 Å². The molecule has 2 aliphatic heterocycles. The molecule has 6 nitrogen and oxygen atoms in total. The van der Waals surface area contributed by atoms with Gasteiger partial charge in [0.15, 0.2) is 0 Å². The van der Waals surface area contributed by atoms with Gasteiger partial charge in [0, 0.05) is 24.4 Å². The van der Waals surface area contributed by atoms with Crippen molar-refractivity contribution in [2.24, 2.45) is 5.92 Å². The Bertz CT molecular complexity index is 780. The van der Waals surface area contributed by atoms with E-state index in [1.807, 2.05) is 0 Å². The first-order valence-electron chi connectivity index (χ1n) is 10.4. The average molecular weight is 386 g/mol. The number of fused-ring (bicyclic) bond motifs is 4. The fraction of sp³-hybridized carbons (Fsp3) is 0.636. The molecule has 1 aromatic carbocycles. The van der Waals surface area contributed by atoms with E-state index in [-0.39, 0.29) is 23.3 Å². The van der Waals surface area contributed by atoms with E-state index in [2.05, 4.69) is 47.7 Å². The highest BCUT2D eigenvalue weighted by Crippen LogP contribution is 2.51. The summed E-state index contributed by atoms with van der Waals surface area (Å²) >= 11 is 0. The lowest BCUT2D eigenvalue weighted by Crippen LogP contribution is -2.58. The van der Waals surface area contributed by atoms with Crippen molar-refractivity contribution in [3.8, 4) is 5.75 Å². The molecule has 0 saturated carbocycles. The van der Waals surface area contributed by atoms with E-state index in [0.717, 1.165) is 31.6 Å². The van der Waals surface area contributed by atoms with E-state index < -0.39 is 0 Å². The Morgan fingerprint density at radius 3 is 2.96 bits per heavy atom. The number of likely N-dealkylation sites (tertiary alicyclic amines) is 1. The Balaban J connectivity index is 1.55. The number of piperidine rings is 1. The summed E-state index contributed by atoms with van der Waals surface area (Å²) in [7, 11) is 3.94. The molecule has 0 unspecified atom stereocenters. The Morgan fingerprint density at radius 1 is 1.43 bits per heavy atom. The van der Waals surface area contributed by atoms with Crippen molar-refractivity contribution in [2.45, 2.75) is 56.5 Å². The minimum absolute atomic E-state index is 0.0289. The SMILES string of the molecule is COc1ccc2c(c1)[C@@]1(CCNC(=O)[C@@H]3CCC(=O)N3)CCN(C)[C@H](C2)[C@@H]1C. The van der Waals surface area contributed by atoms with Crippen LogP contribution in [0.3, 0.4) is 0 Å². The molecule has 2 saturated heterocycles. The molecule has 0 aromatic heterocycles. The maximum Gasteiger partial charge on any atom is 0.242 e. The van der Waals surface area contributed by atoms with Crippen LogP contribution >= 0.6 is 0 Å². The van der Waals surface area contributed by atoms with Crippen LogP contribution in [0.4, 0.5) is 0 Å². The van der Waals surface area contributed by atoms with Crippen molar-refractivity contribution in [1.29, 1.82) is 0 Å². The smallest absolute Gasteiger partial charge is 0.242 e. The number of nitrogens with one attached hydrogen (secondary N) is 2. The van der Waals surface area contributed by atoms with E-state index in [4.69, 9.17) is 4.74 Å². The number of hydrogen-bond donors (Lipinski definition) is 2. The second-order valence-electron chi connectivity index (χ2n) is 8.67. The van der Waals surface area contributed by atoms with Gasteiger partial charge in [-0.25, -0.2) is 0 Å². The summed E-state index contributed by atoms with van der Waals surface area (Å²) in [6, 6.07) is 6.65. The number of likely N-dealkylation sites (N-methyl/N-ethyl adjacent to an activating group) is 1. The van der Waals surface area contributed by atoms with E-state index in [1.165, 1.54) is 11.1 Å². The van der Waals surface area contributed by atoms with Gasteiger partial charge in [-0.05, 0) is 68.5 Å². The quantitative estimate of drug-likeness (QED) is 0.808. The van der Waals surface area contributed by atoms with Gasteiger partial charge in [0.05, 0.1) is 7.11 Å². The molecule has 2 amide bonds. The first-order chi connectivity index (χ1) is 13.4. The Kier molecular flexibility index (Phi) is 5.08. The third-order valence-electron chi connectivity index (χ3n) is 7.39. The number of ether oxygens (including phenoxy) is 1. The third-order valence-corrected chi connectivity index (χ3v) is 7.39. The lowest BCUT2D eigenvalue weighted by Gasteiger charge is -2.55. The minimum Gasteiger partial charge on any atom is -0.497 e. The molecule has 152 valence electrons. The van der Waals surface area contributed by atoms with Crippen LogP contribution in [-0.4, -0.2) is 56.0 Å². The summed E-state index contributed by atoms with van der Waals surface area (Å²) in [6.07, 6.45) is 4.10. The van der Waals surface area contributed by atoms with Crippen molar-refractivity contribution in [3.63, 3.8) is 0 Å². The van der Waals surface area contributed by atoms with Crippen LogP contribution in [0.1, 0.15) is 43.7 Å². The molecule has 2 heterocycles. The van der Waals surface area contributed by atoms with Gasteiger partial charge in [0.1, 0.15) is 11.8 Å². The van der Waals surface area contributed by atoms with Crippen molar-refractivity contribution in [1.82, 2.24) is 15.5 Å². The standard InChI is InChI=1S/C22H31N3O3/c1-14-19-12-15-4-5-16(28-3)13-17(15)22(14,9-11-25(19)2)8-10-23-21(27)18-6-7-20(26)24-18/h4-5,13-14,18-19H,6-12H2,1-3H3,(H,23,27)(H,24,26)/t14-,18-,19+,22-/m0/s1. The zero-order chi connectivity index (χ0) is 19.9. The maximum absolute atomic E-state index is 12.4. The van der Waals surface area contributed by atoms with Gasteiger partial charge in [0.25, 0.3) is 0 Å². The normalized spacial score (nSPS) is 31.8. The maximum atomic E-state index is 12.4. The highest BCUT2D eigenvalue weighted by molar-refractivity contribution is 5.90. The first-order valence-corrected chi connectivity index (χ1v) is 10.4. The van der Waals surface area contributed by atoms with Crippen molar-refractivity contribution < 1.29 is 14.3 Å². The predicted molar refractivity (Wildman–Crippen MR) is 107 cm³/mol. The zero-order valence-electron chi connectivity index (χ0n) is 17.1. The summed E-state index contributed by atoms with van der Waals surface area (Å²) < 4.78 is 5.52. The summed E-state index contributed by atoms with van der Waals surface area (Å²) in [5.41, 5.74) is 2.85. The van der Waals surface area contributed by atoms with Gasteiger partial charge in [-0.3, -0.25) is 9.59 Å². The molecular weight excluding hydrogens is 354 g/mol. The van der Waals surface area contributed by atoms with Crippen molar-refractivity contribution in [3.05, 3.63) is 29.3 Å². The lowest BCUT2D eigenvalue weighted by molar-refractivity contribution is -0.125. The monoisotopic (exact) mass is 385 g/mol. The molecule has 3 aliphatic rings. The van der Waals surface area contributed by atoms with Gasteiger partial charge in [-0.2, -0.15) is 0 Å². The second-order valence-corrected chi connectivity index (χ2v) is 8.67. The molecule has 28 heavy (non-hydrogen) atoms. The molecule has 0 spiro atoms. The fourth-order valence-electron chi connectivity index (χ4n) is 5.61. The molecule has 2 N–H and O–H groups in total. The lowest BCUT2D eigenvalue weighted by atomic mass is 9.56. The van der Waals surface area contributed by atoms with Crippen LogP contribution in [0.2, 0.25) is 0 Å². The number of rotatable bonds is 5. The third kappa shape index (κ3) is 3.17. The summed E-state index contributed by atoms with van der Waals surface area (Å²) in [4.78, 5) is 26.3. The topological polar surface area (TPSA) is 70.7 Å². The van der Waals surface area contributed by atoms with E-state index >= 15 is 0 Å². The molecule has 1 aromatic rings. The summed E-state index contributed by atoms with van der Waals surface area (Å²) in [5, 5.41) is 5.84. The highest BCUT2D eigenvalue weighted by Gasteiger charge is 2.50. The zero-order valence-corrected chi connectivity index (χ0v) is 17.1. The number of methoxy groups -OCH3 is 1. The van der Waals surface area contributed by atoms with Gasteiger partial charge >= 0.3 is 0 Å². The second kappa shape index (κ2) is 7.39. The molecule has 4 rings (SSSR count). The fourth-order valence-corrected chi connectivity index (χ4v) is 5.61. The number of benzene rings is 1.